The van der Waals surface area contributed by atoms with Gasteiger partial charge in [0.05, 0.1) is 12.9 Å². The van der Waals surface area contributed by atoms with Gasteiger partial charge in [-0.15, -0.1) is 0 Å². The van der Waals surface area contributed by atoms with Gasteiger partial charge >= 0.3 is 0 Å². The minimum absolute atomic E-state index is 0.111. The van der Waals surface area contributed by atoms with E-state index in [1.54, 1.807) is 18.2 Å². The van der Waals surface area contributed by atoms with Crippen LogP contribution in [0, 0.1) is 0 Å². The fourth-order valence-corrected chi connectivity index (χ4v) is 3.00. The number of rotatable bonds is 8. The highest BCUT2D eigenvalue weighted by atomic mass is 79.9. The summed E-state index contributed by atoms with van der Waals surface area (Å²) in [6, 6.07) is 5.10. The lowest BCUT2D eigenvalue weighted by Gasteiger charge is -2.17. The van der Waals surface area contributed by atoms with E-state index in [-0.39, 0.29) is 6.61 Å². The minimum atomic E-state index is -3.60. The summed E-state index contributed by atoms with van der Waals surface area (Å²) in [6.07, 6.45) is 0.961. The van der Waals surface area contributed by atoms with Crippen LogP contribution in [0.5, 0.6) is 0 Å². The van der Waals surface area contributed by atoms with Crippen LogP contribution < -0.4 is 5.73 Å². The molecule has 0 fully saturated rings. The number of ether oxygens (including phenoxy) is 1. The summed E-state index contributed by atoms with van der Waals surface area (Å²) in [5.41, 5.74) is 5.99. The van der Waals surface area contributed by atoms with E-state index in [1.807, 2.05) is 0 Å². The van der Waals surface area contributed by atoms with E-state index in [0.29, 0.717) is 30.2 Å². The van der Waals surface area contributed by atoms with Gasteiger partial charge in [-0.1, -0.05) is 27.5 Å². The molecule has 0 aliphatic heterocycles. The van der Waals surface area contributed by atoms with Gasteiger partial charge in [-0.2, -0.15) is 8.42 Å². The molecule has 0 bridgehead atoms. The van der Waals surface area contributed by atoms with E-state index in [0.717, 1.165) is 10.7 Å². The Morgan fingerprint density at radius 1 is 1.40 bits per heavy atom. The Bertz CT molecular complexity index is 518. The molecule has 0 aliphatic rings. The van der Waals surface area contributed by atoms with Gasteiger partial charge in [0, 0.05) is 16.1 Å². The SMILES string of the molecule is CS(=O)(=O)OC(COCCCN)c1cc(Cl)cc(Br)c1. The van der Waals surface area contributed by atoms with E-state index in [1.165, 1.54) is 0 Å². The Morgan fingerprint density at radius 3 is 2.65 bits per heavy atom. The van der Waals surface area contributed by atoms with Crippen LogP contribution in [0.1, 0.15) is 18.1 Å². The summed E-state index contributed by atoms with van der Waals surface area (Å²) in [5, 5.41) is 0.485. The van der Waals surface area contributed by atoms with Crippen molar-refractivity contribution < 1.29 is 17.3 Å². The Labute approximate surface area is 132 Å². The fourth-order valence-electron chi connectivity index (χ4n) is 1.53. The molecule has 5 nitrogen and oxygen atoms in total. The second-order valence-electron chi connectivity index (χ2n) is 4.21. The molecule has 1 rings (SSSR count). The number of benzene rings is 1. The molecule has 20 heavy (non-hydrogen) atoms. The summed E-state index contributed by atoms with van der Waals surface area (Å²) in [6.45, 7) is 1.07. The van der Waals surface area contributed by atoms with Crippen LogP contribution in [0.4, 0.5) is 0 Å². The van der Waals surface area contributed by atoms with Crippen LogP contribution in [0.2, 0.25) is 5.02 Å². The normalized spacial score (nSPS) is 13.4. The van der Waals surface area contributed by atoms with Crippen LogP contribution in [-0.4, -0.2) is 34.4 Å². The predicted octanol–water partition coefficient (Wildman–Crippen LogP) is 2.49. The molecule has 0 aliphatic carbocycles. The minimum Gasteiger partial charge on any atom is -0.378 e. The van der Waals surface area contributed by atoms with E-state index in [4.69, 9.17) is 26.3 Å². The molecule has 0 radical (unpaired) electrons. The summed E-state index contributed by atoms with van der Waals surface area (Å²) >= 11 is 9.26. The zero-order chi connectivity index (χ0) is 15.2. The van der Waals surface area contributed by atoms with Gasteiger partial charge in [0.2, 0.25) is 0 Å². The Balaban J connectivity index is 2.85. The smallest absolute Gasteiger partial charge is 0.265 e. The Morgan fingerprint density at radius 2 is 2.10 bits per heavy atom. The molecule has 0 saturated carbocycles. The van der Waals surface area contributed by atoms with E-state index in [9.17, 15) is 8.42 Å². The second-order valence-corrected chi connectivity index (χ2v) is 7.16. The van der Waals surface area contributed by atoms with Gasteiger partial charge in [-0.3, -0.25) is 4.18 Å². The maximum atomic E-state index is 11.3. The molecule has 0 aromatic heterocycles. The first-order chi connectivity index (χ1) is 9.31. The summed E-state index contributed by atoms with van der Waals surface area (Å²) in [4.78, 5) is 0. The van der Waals surface area contributed by atoms with Crippen molar-refractivity contribution in [1.29, 1.82) is 0 Å². The summed E-state index contributed by atoms with van der Waals surface area (Å²) in [5.74, 6) is 0. The van der Waals surface area contributed by atoms with Gasteiger partial charge in [-0.25, -0.2) is 0 Å². The zero-order valence-electron chi connectivity index (χ0n) is 11.0. The van der Waals surface area contributed by atoms with Gasteiger partial charge < -0.3 is 10.5 Å². The van der Waals surface area contributed by atoms with Crippen molar-refractivity contribution in [3.63, 3.8) is 0 Å². The third kappa shape index (κ3) is 7.01. The third-order valence-electron chi connectivity index (χ3n) is 2.31. The van der Waals surface area contributed by atoms with Gasteiger partial charge in [0.15, 0.2) is 0 Å². The van der Waals surface area contributed by atoms with Gasteiger partial charge in [0.25, 0.3) is 10.1 Å². The number of hydrogen-bond donors (Lipinski definition) is 1. The first kappa shape index (κ1) is 17.9. The predicted molar refractivity (Wildman–Crippen MR) is 82.3 cm³/mol. The molecule has 1 atom stereocenters. The number of halogens is 2. The van der Waals surface area contributed by atoms with Gasteiger partial charge in [0.1, 0.15) is 6.10 Å². The first-order valence-corrected chi connectivity index (χ1v) is 8.92. The standard InChI is InChI=1S/C12H17BrClNO4S/c1-20(16,17)19-12(8-18-4-2-3-15)9-5-10(13)7-11(14)6-9/h5-7,12H,2-4,8,15H2,1H3. The van der Waals surface area contributed by atoms with Crippen LogP contribution >= 0.6 is 27.5 Å². The number of nitrogens with two attached hydrogens (primary N) is 1. The van der Waals surface area contributed by atoms with Crippen molar-refractivity contribution in [2.75, 3.05) is 26.0 Å². The van der Waals surface area contributed by atoms with E-state index in [2.05, 4.69) is 15.9 Å². The largest absolute Gasteiger partial charge is 0.378 e. The average molecular weight is 387 g/mol. The number of hydrogen-bond acceptors (Lipinski definition) is 5. The summed E-state index contributed by atoms with van der Waals surface area (Å²) in [7, 11) is -3.60. The van der Waals surface area contributed by atoms with Crippen LogP contribution in [0.25, 0.3) is 0 Å². The molecule has 1 unspecified atom stereocenters. The molecule has 8 heteroatoms. The van der Waals surface area contributed by atoms with Crippen molar-refractivity contribution in [2.45, 2.75) is 12.5 Å². The average Bonchev–Trinajstić information content (AvgIpc) is 2.30. The van der Waals surface area contributed by atoms with Crippen molar-refractivity contribution in [3.05, 3.63) is 33.3 Å². The lowest BCUT2D eigenvalue weighted by atomic mass is 10.1. The molecule has 1 aromatic rings. The molecule has 0 heterocycles. The summed E-state index contributed by atoms with van der Waals surface area (Å²) < 4.78 is 33.8. The molecule has 0 saturated heterocycles. The molecule has 114 valence electrons. The lowest BCUT2D eigenvalue weighted by Crippen LogP contribution is -2.17. The second kappa shape index (κ2) is 8.31. The highest BCUT2D eigenvalue weighted by Crippen LogP contribution is 2.27. The Hall–Kier alpha value is -0.180. The van der Waals surface area contributed by atoms with Crippen LogP contribution in [-0.2, 0) is 19.0 Å². The van der Waals surface area contributed by atoms with E-state index >= 15 is 0 Å². The van der Waals surface area contributed by atoms with E-state index < -0.39 is 16.2 Å². The van der Waals surface area contributed by atoms with Crippen molar-refractivity contribution in [2.24, 2.45) is 5.73 Å². The van der Waals surface area contributed by atoms with Crippen LogP contribution in [0.3, 0.4) is 0 Å². The quantitative estimate of drug-likeness (QED) is 0.548. The molecule has 0 amide bonds. The fraction of sp³-hybridized carbons (Fsp3) is 0.500. The van der Waals surface area contributed by atoms with Crippen molar-refractivity contribution in [1.82, 2.24) is 0 Å². The van der Waals surface area contributed by atoms with Gasteiger partial charge in [-0.05, 0) is 36.7 Å². The highest BCUT2D eigenvalue weighted by molar-refractivity contribution is 9.10. The first-order valence-electron chi connectivity index (χ1n) is 5.94. The zero-order valence-corrected chi connectivity index (χ0v) is 14.2. The lowest BCUT2D eigenvalue weighted by molar-refractivity contribution is 0.0528. The Kier molecular flexibility index (Phi) is 7.42. The topological polar surface area (TPSA) is 78.6 Å². The molecular formula is C12H17BrClNO4S. The van der Waals surface area contributed by atoms with Crippen molar-refractivity contribution in [3.8, 4) is 0 Å². The maximum absolute atomic E-state index is 11.3. The third-order valence-corrected chi connectivity index (χ3v) is 3.57. The molecule has 2 N–H and O–H groups in total. The highest BCUT2D eigenvalue weighted by Gasteiger charge is 2.19. The molecular weight excluding hydrogens is 370 g/mol. The molecule has 0 spiro atoms. The van der Waals surface area contributed by atoms with Crippen molar-refractivity contribution >= 4 is 37.6 Å². The monoisotopic (exact) mass is 385 g/mol. The molecule has 1 aromatic carbocycles. The van der Waals surface area contributed by atoms with Crippen LogP contribution in [0.15, 0.2) is 22.7 Å². The maximum Gasteiger partial charge on any atom is 0.265 e.